The zero-order chi connectivity index (χ0) is 20.1. The molecule has 0 saturated heterocycles. The van der Waals surface area contributed by atoms with E-state index in [0.29, 0.717) is 17.5 Å². The Bertz CT molecular complexity index is 789. The first-order valence-electron chi connectivity index (χ1n) is 10.9. The Labute approximate surface area is 171 Å². The molecule has 0 bridgehead atoms. The lowest BCUT2D eigenvalue weighted by atomic mass is 9.95. The second-order valence-corrected chi connectivity index (χ2v) is 8.17. The summed E-state index contributed by atoms with van der Waals surface area (Å²) in [5.41, 5.74) is 0.835. The van der Waals surface area contributed by atoms with Crippen molar-refractivity contribution in [2.75, 3.05) is 10.6 Å². The lowest BCUT2D eigenvalue weighted by molar-refractivity contribution is -0.383. The summed E-state index contributed by atoms with van der Waals surface area (Å²) >= 11 is 0. The molecule has 0 spiro atoms. The minimum atomic E-state index is -0.342. The number of rotatable bonds is 6. The van der Waals surface area contributed by atoms with Crippen molar-refractivity contribution < 1.29 is 4.92 Å². The highest BCUT2D eigenvalue weighted by atomic mass is 16.6. The van der Waals surface area contributed by atoms with E-state index in [1.807, 2.05) is 30.3 Å². The highest BCUT2D eigenvalue weighted by Crippen LogP contribution is 2.36. The maximum Gasteiger partial charge on any atom is 0.353 e. The van der Waals surface area contributed by atoms with Crippen LogP contribution < -0.4 is 10.6 Å². The molecule has 1 aromatic heterocycles. The molecule has 1 heterocycles. The second kappa shape index (κ2) is 9.20. The summed E-state index contributed by atoms with van der Waals surface area (Å²) in [7, 11) is 0. The van der Waals surface area contributed by atoms with Crippen LogP contribution >= 0.6 is 0 Å². The minimum absolute atomic E-state index is 0.0270. The van der Waals surface area contributed by atoms with Crippen molar-refractivity contribution in [1.82, 2.24) is 9.97 Å². The molecule has 2 aliphatic carbocycles. The van der Waals surface area contributed by atoms with Gasteiger partial charge < -0.3 is 10.6 Å². The molecule has 2 fully saturated rings. The van der Waals surface area contributed by atoms with Crippen LogP contribution in [0.4, 0.5) is 17.3 Å². The number of nitrogens with zero attached hydrogens (tertiary/aromatic N) is 3. The van der Waals surface area contributed by atoms with E-state index in [-0.39, 0.29) is 22.7 Å². The molecule has 0 radical (unpaired) electrons. The van der Waals surface area contributed by atoms with Crippen LogP contribution in [-0.2, 0) is 0 Å². The van der Waals surface area contributed by atoms with Crippen LogP contribution in [0, 0.1) is 10.1 Å². The highest BCUT2D eigenvalue weighted by molar-refractivity contribution is 5.74. The van der Waals surface area contributed by atoms with Gasteiger partial charge in [-0.2, -0.15) is 0 Å². The third-order valence-corrected chi connectivity index (χ3v) is 5.99. The average molecular weight is 396 g/mol. The van der Waals surface area contributed by atoms with Gasteiger partial charge in [0, 0.05) is 17.6 Å². The summed E-state index contributed by atoms with van der Waals surface area (Å²) in [6.45, 7) is 0. The van der Waals surface area contributed by atoms with E-state index in [4.69, 9.17) is 0 Å². The van der Waals surface area contributed by atoms with Gasteiger partial charge in [-0.15, -0.1) is 0 Å². The molecule has 1 aromatic carbocycles. The molecule has 2 saturated carbocycles. The third kappa shape index (κ3) is 4.83. The van der Waals surface area contributed by atoms with Crippen molar-refractivity contribution in [1.29, 1.82) is 0 Å². The number of nitrogens with one attached hydrogen (secondary N) is 2. The summed E-state index contributed by atoms with van der Waals surface area (Å²) in [4.78, 5) is 20.9. The summed E-state index contributed by atoms with van der Waals surface area (Å²) < 4.78 is 0. The SMILES string of the molecule is O=[N+]([O-])c1c(NC2CCCCC2)nc(-c2ccccc2)nc1NC1CCCCC1. The summed E-state index contributed by atoms with van der Waals surface area (Å²) in [6.07, 6.45) is 11.1. The van der Waals surface area contributed by atoms with Crippen LogP contribution in [0.15, 0.2) is 30.3 Å². The molecule has 7 heteroatoms. The monoisotopic (exact) mass is 395 g/mol. The summed E-state index contributed by atoms with van der Waals surface area (Å²) in [6, 6.07) is 10.1. The molecule has 29 heavy (non-hydrogen) atoms. The summed E-state index contributed by atoms with van der Waals surface area (Å²) in [5, 5.41) is 18.8. The van der Waals surface area contributed by atoms with Crippen molar-refractivity contribution in [3.63, 3.8) is 0 Å². The van der Waals surface area contributed by atoms with Gasteiger partial charge in [-0.25, -0.2) is 9.97 Å². The number of benzene rings is 1. The van der Waals surface area contributed by atoms with Gasteiger partial charge in [-0.1, -0.05) is 68.9 Å². The van der Waals surface area contributed by atoms with Crippen LogP contribution in [0.2, 0.25) is 0 Å². The lowest BCUT2D eigenvalue weighted by Crippen LogP contribution is -2.26. The molecule has 154 valence electrons. The van der Waals surface area contributed by atoms with Crippen molar-refractivity contribution in [2.24, 2.45) is 0 Å². The maximum absolute atomic E-state index is 12.0. The molecule has 7 nitrogen and oxygen atoms in total. The molecule has 4 rings (SSSR count). The number of aromatic nitrogens is 2. The molecule has 2 aliphatic rings. The normalized spacial score (nSPS) is 18.3. The first-order valence-corrected chi connectivity index (χ1v) is 10.9. The Balaban J connectivity index is 1.73. The Hall–Kier alpha value is -2.70. The number of hydrogen-bond acceptors (Lipinski definition) is 6. The van der Waals surface area contributed by atoms with Crippen LogP contribution in [-0.4, -0.2) is 27.0 Å². The van der Waals surface area contributed by atoms with Gasteiger partial charge in [-0.05, 0) is 25.7 Å². The van der Waals surface area contributed by atoms with E-state index >= 15 is 0 Å². The fourth-order valence-electron chi connectivity index (χ4n) is 4.43. The fraction of sp³-hybridized carbons (Fsp3) is 0.545. The van der Waals surface area contributed by atoms with Gasteiger partial charge in [0.1, 0.15) is 0 Å². The number of hydrogen-bond donors (Lipinski definition) is 2. The zero-order valence-electron chi connectivity index (χ0n) is 16.8. The standard InChI is InChI=1S/C22H29N5O2/c28-27(29)19-21(23-17-12-6-2-7-13-17)25-20(16-10-4-1-5-11-16)26-22(19)24-18-14-8-3-9-15-18/h1,4-5,10-11,17-18H,2-3,6-9,12-15H2,(H2,23,24,25,26). The van der Waals surface area contributed by atoms with Gasteiger partial charge in [0.05, 0.1) is 4.92 Å². The van der Waals surface area contributed by atoms with E-state index in [9.17, 15) is 10.1 Å². The number of anilines is 2. The quantitative estimate of drug-likeness (QED) is 0.493. The highest BCUT2D eigenvalue weighted by Gasteiger charge is 2.29. The van der Waals surface area contributed by atoms with Gasteiger partial charge in [0.25, 0.3) is 0 Å². The molecular weight excluding hydrogens is 366 g/mol. The predicted molar refractivity (Wildman–Crippen MR) is 115 cm³/mol. The second-order valence-electron chi connectivity index (χ2n) is 8.17. The van der Waals surface area contributed by atoms with E-state index in [2.05, 4.69) is 20.6 Å². The molecule has 0 aliphatic heterocycles. The van der Waals surface area contributed by atoms with E-state index in [0.717, 1.165) is 56.9 Å². The zero-order valence-corrected chi connectivity index (χ0v) is 16.8. The smallest absolute Gasteiger partial charge is 0.353 e. The summed E-state index contributed by atoms with van der Waals surface area (Å²) in [5.74, 6) is 1.20. The van der Waals surface area contributed by atoms with Crippen LogP contribution in [0.1, 0.15) is 64.2 Å². The largest absolute Gasteiger partial charge is 0.361 e. The topological polar surface area (TPSA) is 93.0 Å². The molecule has 0 unspecified atom stereocenters. The van der Waals surface area contributed by atoms with Gasteiger partial charge >= 0.3 is 5.69 Å². The fourth-order valence-corrected chi connectivity index (χ4v) is 4.43. The molecule has 0 atom stereocenters. The van der Waals surface area contributed by atoms with Crippen molar-refractivity contribution in [3.8, 4) is 11.4 Å². The Morgan fingerprint density at radius 3 is 1.72 bits per heavy atom. The lowest BCUT2D eigenvalue weighted by Gasteiger charge is -2.25. The van der Waals surface area contributed by atoms with Crippen molar-refractivity contribution in [2.45, 2.75) is 76.3 Å². The van der Waals surface area contributed by atoms with Crippen molar-refractivity contribution in [3.05, 3.63) is 40.4 Å². The molecule has 2 N–H and O–H groups in total. The first kappa shape index (κ1) is 19.6. The third-order valence-electron chi connectivity index (χ3n) is 5.99. The average Bonchev–Trinajstić information content (AvgIpc) is 2.75. The predicted octanol–water partition coefficient (Wildman–Crippen LogP) is 5.54. The Kier molecular flexibility index (Phi) is 6.22. The van der Waals surface area contributed by atoms with Gasteiger partial charge in [-0.3, -0.25) is 10.1 Å². The van der Waals surface area contributed by atoms with E-state index < -0.39 is 0 Å². The Morgan fingerprint density at radius 2 is 1.28 bits per heavy atom. The minimum Gasteiger partial charge on any atom is -0.361 e. The van der Waals surface area contributed by atoms with Crippen molar-refractivity contribution >= 4 is 17.3 Å². The van der Waals surface area contributed by atoms with Crippen LogP contribution in [0.3, 0.4) is 0 Å². The maximum atomic E-state index is 12.0. The molecule has 0 amide bonds. The first-order chi connectivity index (χ1) is 14.2. The van der Waals surface area contributed by atoms with E-state index in [1.165, 1.54) is 12.8 Å². The van der Waals surface area contributed by atoms with E-state index in [1.54, 1.807) is 0 Å². The molecule has 2 aromatic rings. The van der Waals surface area contributed by atoms with Gasteiger partial charge in [0.15, 0.2) is 5.82 Å². The molecular formula is C22H29N5O2. The van der Waals surface area contributed by atoms with Crippen LogP contribution in [0.5, 0.6) is 0 Å². The van der Waals surface area contributed by atoms with Gasteiger partial charge in [0.2, 0.25) is 11.6 Å². The number of nitro groups is 1. The van der Waals surface area contributed by atoms with Crippen LogP contribution in [0.25, 0.3) is 11.4 Å². The Morgan fingerprint density at radius 1 is 0.793 bits per heavy atom.